The van der Waals surface area contributed by atoms with Gasteiger partial charge in [0.1, 0.15) is 11.5 Å². The molecule has 9 heteroatoms. The van der Waals surface area contributed by atoms with Crippen molar-refractivity contribution in [2.75, 3.05) is 0 Å². The van der Waals surface area contributed by atoms with E-state index in [1.165, 1.54) is 18.2 Å². The van der Waals surface area contributed by atoms with Crippen molar-refractivity contribution >= 4 is 0 Å². The molecule has 0 bridgehead atoms. The number of nitriles is 1. The predicted molar refractivity (Wildman–Crippen MR) is 136 cm³/mol. The third kappa shape index (κ3) is 7.92. The Kier molecular flexibility index (Phi) is 8.89. The minimum absolute atomic E-state index is 0.0555. The normalized spacial score (nSPS) is 13.9. The maximum atomic E-state index is 13.4. The molecule has 3 nitrogen and oxygen atoms in total. The highest BCUT2D eigenvalue weighted by molar-refractivity contribution is 5.50. The van der Waals surface area contributed by atoms with Crippen LogP contribution in [0.25, 0.3) is 0 Å². The van der Waals surface area contributed by atoms with E-state index in [-0.39, 0.29) is 23.3 Å². The zero-order valence-corrected chi connectivity index (χ0v) is 22.0. The van der Waals surface area contributed by atoms with Gasteiger partial charge in [0.25, 0.3) is 0 Å². The van der Waals surface area contributed by atoms with Crippen LogP contribution >= 0.6 is 0 Å². The Bertz CT molecular complexity index is 1310. The average molecular weight is 550 g/mol. The second kappa shape index (κ2) is 11.6. The van der Waals surface area contributed by atoms with Crippen molar-refractivity contribution < 1.29 is 35.8 Å². The first-order valence-electron chi connectivity index (χ1n) is 12.4. The lowest BCUT2D eigenvalue weighted by Gasteiger charge is -2.29. The topological polar surface area (TPSA) is 42.2 Å². The van der Waals surface area contributed by atoms with Crippen LogP contribution in [0.15, 0.2) is 66.7 Å². The van der Waals surface area contributed by atoms with Crippen LogP contribution < -0.4 is 9.47 Å². The minimum Gasteiger partial charge on any atom is -0.406 e. The highest BCUT2D eigenvalue weighted by atomic mass is 19.4. The first-order valence-corrected chi connectivity index (χ1v) is 12.4. The number of alkyl halides is 6. The molecule has 0 heterocycles. The maximum Gasteiger partial charge on any atom is 0.573 e. The highest BCUT2D eigenvalue weighted by Crippen LogP contribution is 2.41. The van der Waals surface area contributed by atoms with E-state index in [2.05, 4.69) is 15.5 Å². The molecule has 0 fully saturated rings. The molecule has 0 amide bonds. The zero-order chi connectivity index (χ0) is 29.0. The van der Waals surface area contributed by atoms with E-state index in [1.807, 2.05) is 20.8 Å². The van der Waals surface area contributed by atoms with Crippen molar-refractivity contribution in [1.82, 2.24) is 0 Å². The summed E-state index contributed by atoms with van der Waals surface area (Å²) in [5, 5.41) is 9.52. The van der Waals surface area contributed by atoms with Gasteiger partial charge in [0.15, 0.2) is 0 Å². The van der Waals surface area contributed by atoms with Crippen molar-refractivity contribution in [3.8, 4) is 17.6 Å². The van der Waals surface area contributed by atoms with E-state index in [0.29, 0.717) is 35.1 Å². The Morgan fingerprint density at radius 2 is 1.36 bits per heavy atom. The van der Waals surface area contributed by atoms with Gasteiger partial charge in [-0.25, -0.2) is 0 Å². The van der Waals surface area contributed by atoms with Gasteiger partial charge in [-0.2, -0.15) is 5.26 Å². The number of benzene rings is 3. The molecule has 0 saturated heterocycles. The summed E-state index contributed by atoms with van der Waals surface area (Å²) in [5.41, 5.74) is 2.10. The van der Waals surface area contributed by atoms with Crippen molar-refractivity contribution in [3.63, 3.8) is 0 Å². The molecule has 39 heavy (non-hydrogen) atoms. The van der Waals surface area contributed by atoms with Crippen molar-refractivity contribution in [2.45, 2.75) is 70.5 Å². The third-order valence-electron chi connectivity index (χ3n) is 6.93. The molecule has 3 rings (SSSR count). The largest absolute Gasteiger partial charge is 0.573 e. The van der Waals surface area contributed by atoms with E-state index in [1.54, 1.807) is 55.5 Å². The fourth-order valence-electron chi connectivity index (χ4n) is 4.64. The lowest BCUT2D eigenvalue weighted by atomic mass is 9.75. The summed E-state index contributed by atoms with van der Waals surface area (Å²) in [5.74, 6) is -0.973. The zero-order valence-electron chi connectivity index (χ0n) is 22.0. The maximum absolute atomic E-state index is 13.4. The van der Waals surface area contributed by atoms with Gasteiger partial charge < -0.3 is 9.47 Å². The number of halogens is 6. The quantitative estimate of drug-likeness (QED) is 0.250. The Hall–Kier alpha value is -3.67. The monoisotopic (exact) mass is 549 g/mol. The smallest absolute Gasteiger partial charge is 0.406 e. The second-order valence-corrected chi connectivity index (χ2v) is 10.1. The van der Waals surface area contributed by atoms with Gasteiger partial charge in [0.2, 0.25) is 0 Å². The Morgan fingerprint density at radius 1 is 0.769 bits per heavy atom. The summed E-state index contributed by atoms with van der Waals surface area (Å²) in [4.78, 5) is 0. The molecule has 2 unspecified atom stereocenters. The predicted octanol–water partition coefficient (Wildman–Crippen LogP) is 9.37. The van der Waals surface area contributed by atoms with Gasteiger partial charge in [0.05, 0.1) is 11.6 Å². The van der Waals surface area contributed by atoms with E-state index in [0.717, 1.165) is 5.56 Å². The van der Waals surface area contributed by atoms with Crippen molar-refractivity contribution in [2.24, 2.45) is 0 Å². The fourth-order valence-corrected chi connectivity index (χ4v) is 4.64. The van der Waals surface area contributed by atoms with Gasteiger partial charge in [-0.1, -0.05) is 70.2 Å². The summed E-state index contributed by atoms with van der Waals surface area (Å²) in [7, 11) is 0. The molecular formula is C30H29F6NO2. The number of ether oxygens (including phenoxy) is 2. The molecule has 0 aliphatic heterocycles. The van der Waals surface area contributed by atoms with Gasteiger partial charge >= 0.3 is 12.7 Å². The summed E-state index contributed by atoms with van der Waals surface area (Å²) in [6, 6.07) is 19.4. The molecule has 0 radical (unpaired) electrons. The SMILES string of the molecule is CC(CCC(C)c1ccc(C(C)(C)c2ccccc2C#N)cc1OC(F)(F)F)c1ccc(OC(F)(F)F)cc1. The van der Waals surface area contributed by atoms with E-state index in [4.69, 9.17) is 0 Å². The Morgan fingerprint density at radius 3 is 1.95 bits per heavy atom. The van der Waals surface area contributed by atoms with Crippen LogP contribution in [0.4, 0.5) is 26.3 Å². The lowest BCUT2D eigenvalue weighted by Crippen LogP contribution is -2.22. The summed E-state index contributed by atoms with van der Waals surface area (Å²) >= 11 is 0. The van der Waals surface area contributed by atoms with E-state index in [9.17, 15) is 31.6 Å². The molecule has 0 aliphatic rings. The number of nitrogens with zero attached hydrogens (tertiary/aromatic N) is 1. The highest BCUT2D eigenvalue weighted by Gasteiger charge is 2.34. The van der Waals surface area contributed by atoms with Crippen molar-refractivity contribution in [1.29, 1.82) is 5.26 Å². The molecule has 0 spiro atoms. The molecule has 0 N–H and O–H groups in total. The fraction of sp³-hybridized carbons (Fsp3) is 0.367. The third-order valence-corrected chi connectivity index (χ3v) is 6.93. The molecule has 3 aromatic rings. The van der Waals surface area contributed by atoms with Gasteiger partial charge in [-0.05, 0) is 71.2 Å². The van der Waals surface area contributed by atoms with Crippen LogP contribution in [0, 0.1) is 11.3 Å². The molecular weight excluding hydrogens is 520 g/mol. The summed E-state index contributed by atoms with van der Waals surface area (Å²) in [6.07, 6.45) is -8.58. The molecule has 208 valence electrons. The van der Waals surface area contributed by atoms with Crippen LogP contribution in [-0.2, 0) is 5.41 Å². The summed E-state index contributed by atoms with van der Waals surface area (Å²) in [6.45, 7) is 7.39. The van der Waals surface area contributed by atoms with Crippen LogP contribution in [0.3, 0.4) is 0 Å². The second-order valence-electron chi connectivity index (χ2n) is 10.1. The van der Waals surface area contributed by atoms with Crippen LogP contribution in [0.2, 0.25) is 0 Å². The standard InChI is InChI=1S/C30H29F6NO2/c1-19(21-11-14-24(15-12-21)38-29(31,32)33)9-10-20(2)25-16-13-23(17-27(25)39-30(34,35)36)28(3,4)26-8-6-5-7-22(26)18-37/h5-8,11-17,19-20H,9-10H2,1-4H3. The van der Waals surface area contributed by atoms with E-state index >= 15 is 0 Å². The van der Waals surface area contributed by atoms with Crippen molar-refractivity contribution in [3.05, 3.63) is 94.5 Å². The summed E-state index contributed by atoms with van der Waals surface area (Å²) < 4.78 is 85.7. The van der Waals surface area contributed by atoms with Crippen LogP contribution in [0.1, 0.15) is 80.2 Å². The number of hydrogen-bond donors (Lipinski definition) is 0. The number of rotatable bonds is 9. The van der Waals surface area contributed by atoms with Crippen LogP contribution in [0.5, 0.6) is 11.5 Å². The first kappa shape index (κ1) is 29.9. The Labute approximate surface area is 224 Å². The Balaban J connectivity index is 1.82. The van der Waals surface area contributed by atoms with Gasteiger partial charge in [0, 0.05) is 5.41 Å². The molecule has 0 aromatic heterocycles. The molecule has 0 saturated carbocycles. The van der Waals surface area contributed by atoms with Gasteiger partial charge in [-0.3, -0.25) is 0 Å². The van der Waals surface area contributed by atoms with Crippen LogP contribution in [-0.4, -0.2) is 12.7 Å². The lowest BCUT2D eigenvalue weighted by molar-refractivity contribution is -0.275. The number of hydrogen-bond acceptors (Lipinski definition) is 3. The van der Waals surface area contributed by atoms with E-state index < -0.39 is 18.1 Å². The molecule has 3 aromatic carbocycles. The molecule has 0 aliphatic carbocycles. The van der Waals surface area contributed by atoms with Gasteiger partial charge in [-0.15, -0.1) is 26.3 Å². The average Bonchev–Trinajstić information content (AvgIpc) is 2.85. The molecule has 2 atom stereocenters. The first-order chi connectivity index (χ1) is 18.1. The minimum atomic E-state index is -4.89.